The molecule has 1 aromatic carbocycles. The molecule has 0 radical (unpaired) electrons. The minimum atomic E-state index is -0.383. The summed E-state index contributed by atoms with van der Waals surface area (Å²) in [4.78, 5) is 32.8. The first kappa shape index (κ1) is 19.3. The molecule has 0 saturated carbocycles. The summed E-state index contributed by atoms with van der Waals surface area (Å²) in [5.74, 6) is -0.248. The molecule has 0 aliphatic rings. The Morgan fingerprint density at radius 1 is 1.04 bits per heavy atom. The van der Waals surface area contributed by atoms with Crippen molar-refractivity contribution in [3.05, 3.63) is 82.9 Å². The second kappa shape index (κ2) is 8.96. The van der Waals surface area contributed by atoms with Gasteiger partial charge in [-0.25, -0.2) is 0 Å². The number of carbonyl (C=O) groups is 2. The van der Waals surface area contributed by atoms with Crippen molar-refractivity contribution in [3.63, 3.8) is 0 Å². The molecule has 142 valence electrons. The molecule has 0 saturated heterocycles. The van der Waals surface area contributed by atoms with Crippen molar-refractivity contribution in [2.75, 3.05) is 12.4 Å². The Kier molecular flexibility index (Phi) is 6.18. The third-order valence-corrected chi connectivity index (χ3v) is 4.16. The lowest BCUT2D eigenvalue weighted by molar-refractivity contribution is 0.0946. The quantitative estimate of drug-likeness (QED) is 0.666. The SMILES string of the molecule is COc1ccc(NC(=O)c2ccnc(C(=O)NCc3ccncc3)c2)cc1Cl. The van der Waals surface area contributed by atoms with Crippen molar-refractivity contribution in [3.8, 4) is 5.75 Å². The van der Waals surface area contributed by atoms with Crippen LogP contribution >= 0.6 is 11.6 Å². The number of aromatic nitrogens is 2. The molecule has 2 N–H and O–H groups in total. The predicted octanol–water partition coefficient (Wildman–Crippen LogP) is 3.32. The minimum Gasteiger partial charge on any atom is -0.495 e. The standard InChI is InChI=1S/C20H17ClN4O3/c1-28-18-3-2-15(11-16(18)21)25-19(26)14-6-9-23-17(10-14)20(27)24-12-13-4-7-22-8-5-13/h2-11H,12H2,1H3,(H,24,27)(H,25,26). The number of benzene rings is 1. The number of methoxy groups -OCH3 is 1. The Hall–Kier alpha value is -3.45. The van der Waals surface area contributed by atoms with E-state index in [1.54, 1.807) is 42.7 Å². The molecule has 0 aliphatic carbocycles. The van der Waals surface area contributed by atoms with E-state index in [0.717, 1.165) is 5.56 Å². The van der Waals surface area contributed by atoms with Gasteiger partial charge in [-0.05, 0) is 48.0 Å². The lowest BCUT2D eigenvalue weighted by Crippen LogP contribution is -2.24. The molecule has 2 aromatic heterocycles. The van der Waals surface area contributed by atoms with Crippen molar-refractivity contribution >= 4 is 29.1 Å². The van der Waals surface area contributed by atoms with E-state index in [1.165, 1.54) is 25.4 Å². The van der Waals surface area contributed by atoms with Crippen molar-refractivity contribution in [1.29, 1.82) is 0 Å². The first-order valence-electron chi connectivity index (χ1n) is 8.35. The molecule has 0 aliphatic heterocycles. The van der Waals surface area contributed by atoms with Crippen LogP contribution in [0.4, 0.5) is 5.69 Å². The van der Waals surface area contributed by atoms with Crippen LogP contribution in [0.5, 0.6) is 5.75 Å². The molecule has 28 heavy (non-hydrogen) atoms. The largest absolute Gasteiger partial charge is 0.495 e. The van der Waals surface area contributed by atoms with Crippen LogP contribution in [0.3, 0.4) is 0 Å². The molecule has 0 atom stereocenters. The van der Waals surface area contributed by atoms with E-state index in [0.29, 0.717) is 28.6 Å². The molecule has 2 amide bonds. The zero-order valence-electron chi connectivity index (χ0n) is 15.0. The number of halogens is 1. The Bertz CT molecular complexity index is 996. The maximum atomic E-state index is 12.5. The fraction of sp³-hybridized carbons (Fsp3) is 0.100. The van der Waals surface area contributed by atoms with E-state index in [2.05, 4.69) is 20.6 Å². The predicted molar refractivity (Wildman–Crippen MR) is 106 cm³/mol. The van der Waals surface area contributed by atoms with Crippen LogP contribution in [0.2, 0.25) is 5.02 Å². The maximum absolute atomic E-state index is 12.5. The number of hydrogen-bond donors (Lipinski definition) is 2. The summed E-state index contributed by atoms with van der Waals surface area (Å²) in [5, 5.41) is 5.87. The fourth-order valence-electron chi connectivity index (χ4n) is 2.42. The third kappa shape index (κ3) is 4.83. The fourth-order valence-corrected chi connectivity index (χ4v) is 2.67. The number of pyridine rings is 2. The lowest BCUT2D eigenvalue weighted by atomic mass is 10.2. The van der Waals surface area contributed by atoms with Crippen LogP contribution in [0.15, 0.2) is 61.1 Å². The Labute approximate surface area is 166 Å². The lowest BCUT2D eigenvalue weighted by Gasteiger charge is -2.09. The maximum Gasteiger partial charge on any atom is 0.270 e. The van der Waals surface area contributed by atoms with E-state index >= 15 is 0 Å². The number of ether oxygens (including phenoxy) is 1. The molecule has 3 rings (SSSR count). The average Bonchev–Trinajstić information content (AvgIpc) is 2.73. The molecule has 0 fully saturated rings. The van der Waals surface area contributed by atoms with Gasteiger partial charge in [-0.15, -0.1) is 0 Å². The molecule has 3 aromatic rings. The highest BCUT2D eigenvalue weighted by Gasteiger charge is 2.13. The van der Waals surface area contributed by atoms with E-state index in [-0.39, 0.29) is 17.5 Å². The first-order valence-corrected chi connectivity index (χ1v) is 8.72. The van der Waals surface area contributed by atoms with Gasteiger partial charge in [-0.3, -0.25) is 19.6 Å². The van der Waals surface area contributed by atoms with Crippen molar-refractivity contribution < 1.29 is 14.3 Å². The van der Waals surface area contributed by atoms with Gasteiger partial charge in [-0.1, -0.05) is 11.6 Å². The topological polar surface area (TPSA) is 93.2 Å². The number of anilines is 1. The monoisotopic (exact) mass is 396 g/mol. The Balaban J connectivity index is 1.67. The summed E-state index contributed by atoms with van der Waals surface area (Å²) in [6.45, 7) is 0.337. The number of hydrogen-bond acceptors (Lipinski definition) is 5. The normalized spacial score (nSPS) is 10.2. The van der Waals surface area contributed by atoms with Crippen molar-refractivity contribution in [2.45, 2.75) is 6.54 Å². The summed E-state index contributed by atoms with van der Waals surface area (Å²) in [5.41, 5.74) is 1.87. The second-order valence-corrected chi connectivity index (χ2v) is 6.18. The summed E-state index contributed by atoms with van der Waals surface area (Å²) in [6, 6.07) is 11.5. The Morgan fingerprint density at radius 2 is 1.82 bits per heavy atom. The van der Waals surface area contributed by atoms with E-state index in [4.69, 9.17) is 16.3 Å². The first-order chi connectivity index (χ1) is 13.6. The van der Waals surface area contributed by atoms with Gasteiger partial charge < -0.3 is 15.4 Å². The van der Waals surface area contributed by atoms with Gasteiger partial charge in [-0.2, -0.15) is 0 Å². The second-order valence-electron chi connectivity index (χ2n) is 5.77. The average molecular weight is 397 g/mol. The number of nitrogens with zero attached hydrogens (tertiary/aromatic N) is 2. The summed E-state index contributed by atoms with van der Waals surface area (Å²) >= 11 is 6.07. The van der Waals surface area contributed by atoms with Crippen molar-refractivity contribution in [1.82, 2.24) is 15.3 Å². The van der Waals surface area contributed by atoms with Gasteiger partial charge in [0.15, 0.2) is 0 Å². The highest BCUT2D eigenvalue weighted by Crippen LogP contribution is 2.27. The molecule has 0 unspecified atom stereocenters. The van der Waals surface area contributed by atoms with Crippen molar-refractivity contribution in [2.24, 2.45) is 0 Å². The minimum absolute atomic E-state index is 0.148. The highest BCUT2D eigenvalue weighted by molar-refractivity contribution is 6.32. The summed E-state index contributed by atoms with van der Waals surface area (Å²) in [6.07, 6.45) is 4.71. The van der Waals surface area contributed by atoms with Gasteiger partial charge in [0, 0.05) is 36.4 Å². The van der Waals surface area contributed by atoms with Gasteiger partial charge in [0.1, 0.15) is 11.4 Å². The van der Waals surface area contributed by atoms with Crippen LogP contribution in [-0.4, -0.2) is 28.9 Å². The molecule has 7 nitrogen and oxygen atoms in total. The molecule has 0 spiro atoms. The Morgan fingerprint density at radius 3 is 2.54 bits per heavy atom. The summed E-state index contributed by atoms with van der Waals surface area (Å²) in [7, 11) is 1.51. The van der Waals surface area contributed by atoms with Crippen LogP contribution in [-0.2, 0) is 6.54 Å². The third-order valence-electron chi connectivity index (χ3n) is 3.87. The zero-order chi connectivity index (χ0) is 19.9. The number of carbonyl (C=O) groups excluding carboxylic acids is 2. The van der Waals surface area contributed by atoms with Crippen LogP contribution in [0, 0.1) is 0 Å². The number of rotatable bonds is 6. The van der Waals surface area contributed by atoms with Gasteiger partial charge in [0.25, 0.3) is 11.8 Å². The van der Waals surface area contributed by atoms with Gasteiger partial charge in [0.05, 0.1) is 12.1 Å². The van der Waals surface area contributed by atoms with Gasteiger partial charge in [0.2, 0.25) is 0 Å². The van der Waals surface area contributed by atoms with Crippen LogP contribution in [0.25, 0.3) is 0 Å². The molecule has 0 bridgehead atoms. The molecule has 8 heteroatoms. The molecular formula is C20H17ClN4O3. The number of nitrogens with one attached hydrogen (secondary N) is 2. The van der Waals surface area contributed by atoms with E-state index < -0.39 is 0 Å². The van der Waals surface area contributed by atoms with Gasteiger partial charge >= 0.3 is 0 Å². The highest BCUT2D eigenvalue weighted by atomic mass is 35.5. The van der Waals surface area contributed by atoms with E-state index in [1.807, 2.05) is 0 Å². The molecular weight excluding hydrogens is 380 g/mol. The smallest absolute Gasteiger partial charge is 0.270 e. The van der Waals surface area contributed by atoms with E-state index in [9.17, 15) is 9.59 Å². The zero-order valence-corrected chi connectivity index (χ0v) is 15.7. The summed E-state index contributed by atoms with van der Waals surface area (Å²) < 4.78 is 5.09. The van der Waals surface area contributed by atoms with Crippen LogP contribution < -0.4 is 15.4 Å². The number of amides is 2. The van der Waals surface area contributed by atoms with Crippen LogP contribution in [0.1, 0.15) is 26.4 Å². The molecule has 2 heterocycles.